The average molecular weight is 998 g/mol. The van der Waals surface area contributed by atoms with Gasteiger partial charge in [-0.05, 0) is 67.2 Å². The van der Waals surface area contributed by atoms with Gasteiger partial charge in [-0.2, -0.15) is 0 Å². The number of imidazole rings is 1. The second-order valence-corrected chi connectivity index (χ2v) is 18.8. The van der Waals surface area contributed by atoms with Crippen molar-refractivity contribution in [2.75, 3.05) is 19.6 Å². The summed E-state index contributed by atoms with van der Waals surface area (Å²) in [6, 6.07) is 6.81. The van der Waals surface area contributed by atoms with Gasteiger partial charge in [0, 0.05) is 57.2 Å². The number of aromatic nitrogens is 2. The number of fused-ring (bicyclic) bond motifs is 1. The molecule has 0 saturated carbocycles. The molecule has 72 heavy (non-hydrogen) atoms. The number of nitrogens with zero attached hydrogens (tertiary/aromatic N) is 2. The van der Waals surface area contributed by atoms with E-state index >= 15 is 0 Å². The van der Waals surface area contributed by atoms with E-state index in [1.54, 1.807) is 45.0 Å². The van der Waals surface area contributed by atoms with E-state index in [0.29, 0.717) is 24.1 Å². The van der Waals surface area contributed by atoms with Gasteiger partial charge in [-0.25, -0.2) is 4.98 Å². The number of carbonyl (C=O) groups excluding carboxylic acids is 8. The first-order chi connectivity index (χ1) is 34.4. The Hall–Kier alpha value is -7.52. The molecule has 3 heterocycles. The molecule has 2 saturated heterocycles. The van der Waals surface area contributed by atoms with E-state index in [9.17, 15) is 43.5 Å². The number of hydrogen-bond donors (Lipinski definition) is 12. The third-order valence-corrected chi connectivity index (χ3v) is 12.9. The molecule has 0 bridgehead atoms. The predicted octanol–water partition coefficient (Wildman–Crippen LogP) is -0.0816. The fraction of sp³-hybridized carbons (Fsp3) is 0.520. The molecule has 2 aliphatic rings. The van der Waals surface area contributed by atoms with Crippen molar-refractivity contribution >= 4 is 53.2 Å². The van der Waals surface area contributed by atoms with Crippen molar-refractivity contribution in [3.63, 3.8) is 0 Å². The number of aromatic hydroxyl groups is 1. The van der Waals surface area contributed by atoms with Gasteiger partial charge in [0.25, 0.3) is 0 Å². The highest BCUT2D eigenvalue weighted by Crippen LogP contribution is 2.21. The van der Waals surface area contributed by atoms with Crippen LogP contribution < -0.4 is 48.3 Å². The number of phenols is 1. The van der Waals surface area contributed by atoms with Crippen LogP contribution in [0.2, 0.25) is 0 Å². The van der Waals surface area contributed by atoms with E-state index in [4.69, 9.17) is 11.1 Å². The highest BCUT2D eigenvalue weighted by molar-refractivity contribution is 5.98. The summed E-state index contributed by atoms with van der Waals surface area (Å²) in [5.74, 6) is -6.41. The molecule has 0 spiro atoms. The number of aromatic amines is 1. The molecule has 22 heteroatoms. The SMILES string of the molecule is CC[C@H](C)[C@@H]1NC(=O)[C@H](Cc2ccc(O)cc2)NC(=O)[C@H](C(C)C)NC(=O)[C@@H](CCCNC(=N)N)NC(=O)CCCNC(=O)[C@H](Cc2ccccc2)NC(=O)[C@@H]2CCCN2C(=O)[C@@H](Cc2cnc[nH]2)NC1=O. The Morgan fingerprint density at radius 3 is 2.03 bits per heavy atom. The molecule has 13 N–H and O–H groups in total. The molecule has 0 unspecified atom stereocenters. The zero-order valence-corrected chi connectivity index (χ0v) is 41.4. The van der Waals surface area contributed by atoms with Crippen LogP contribution in [0.5, 0.6) is 5.75 Å². The minimum atomic E-state index is -1.33. The zero-order chi connectivity index (χ0) is 52.3. The largest absolute Gasteiger partial charge is 0.508 e. The summed E-state index contributed by atoms with van der Waals surface area (Å²) in [5.41, 5.74) is 7.27. The topological polar surface area (TPSA) is 335 Å². The van der Waals surface area contributed by atoms with Crippen molar-refractivity contribution in [2.24, 2.45) is 17.6 Å². The molecular weight excluding hydrogens is 927 g/mol. The number of guanidine groups is 1. The molecule has 3 aromatic rings. The molecule has 0 aliphatic carbocycles. The van der Waals surface area contributed by atoms with Gasteiger partial charge in [-0.3, -0.25) is 43.8 Å². The fourth-order valence-electron chi connectivity index (χ4n) is 8.64. The van der Waals surface area contributed by atoms with E-state index in [2.05, 4.69) is 52.5 Å². The first-order valence-electron chi connectivity index (χ1n) is 24.7. The van der Waals surface area contributed by atoms with Crippen LogP contribution in [0, 0.1) is 17.2 Å². The first-order valence-corrected chi connectivity index (χ1v) is 24.7. The minimum absolute atomic E-state index is 0.0269. The Morgan fingerprint density at radius 1 is 0.750 bits per heavy atom. The fourth-order valence-corrected chi connectivity index (χ4v) is 8.64. The Morgan fingerprint density at radius 2 is 1.38 bits per heavy atom. The summed E-state index contributed by atoms with van der Waals surface area (Å²) in [6.45, 7) is 7.39. The predicted molar refractivity (Wildman–Crippen MR) is 266 cm³/mol. The number of nitrogens with two attached hydrogens (primary N) is 1. The maximum absolute atomic E-state index is 14.7. The van der Waals surface area contributed by atoms with E-state index in [0.717, 1.165) is 5.56 Å². The molecule has 0 radical (unpaired) electrons. The summed E-state index contributed by atoms with van der Waals surface area (Å²) in [5, 5.41) is 39.9. The van der Waals surface area contributed by atoms with E-state index in [1.165, 1.54) is 29.6 Å². The van der Waals surface area contributed by atoms with Gasteiger partial charge in [0.1, 0.15) is 48.0 Å². The number of hydrogen-bond acceptors (Lipinski definition) is 11. The molecule has 1 aromatic heterocycles. The lowest BCUT2D eigenvalue weighted by molar-refractivity contribution is -0.142. The normalized spacial score (nSPS) is 24.1. The van der Waals surface area contributed by atoms with Crippen LogP contribution in [-0.4, -0.2) is 135 Å². The standard InChI is InChI=1S/C50H71N13O9/c1-5-30(4)42-48(71)60-38(26-33-27-53-28-56-33)49(72)63-23-11-15-39(63)46(69)58-36(24-31-12-7-6-8-13-31)43(66)54-21-10-16-40(65)57-35(14-9-22-55-50(51)52)44(67)61-41(29(2)3)47(70)59-37(45(68)62-42)25-32-17-19-34(64)20-18-32/h6-8,12-13,17-20,27-30,35-39,41-42,64H,5,9-11,14-16,21-26H2,1-4H3,(H,53,56)(H,54,66)(H,57,65)(H,58,69)(H,59,70)(H,60,71)(H,61,67)(H,62,68)(H4,51,52,55)/t30-,35+,36-,37-,38+,39-,41-,42-/m0/s1. The monoisotopic (exact) mass is 998 g/mol. The highest BCUT2D eigenvalue weighted by atomic mass is 16.3. The van der Waals surface area contributed by atoms with Crippen LogP contribution in [0.4, 0.5) is 0 Å². The van der Waals surface area contributed by atoms with Gasteiger partial charge < -0.3 is 63.3 Å². The van der Waals surface area contributed by atoms with Crippen molar-refractivity contribution in [3.05, 3.63) is 83.9 Å². The van der Waals surface area contributed by atoms with Crippen LogP contribution in [-0.2, 0) is 57.6 Å². The molecule has 22 nitrogen and oxygen atoms in total. The summed E-state index contributed by atoms with van der Waals surface area (Å²) in [6.07, 6.45) is 4.46. The van der Waals surface area contributed by atoms with Crippen molar-refractivity contribution in [1.82, 2.24) is 57.4 Å². The van der Waals surface area contributed by atoms with Gasteiger partial charge in [-0.15, -0.1) is 0 Å². The third-order valence-electron chi connectivity index (χ3n) is 12.9. The van der Waals surface area contributed by atoms with Crippen molar-refractivity contribution < 1.29 is 43.5 Å². The molecule has 8 amide bonds. The summed E-state index contributed by atoms with van der Waals surface area (Å²) in [4.78, 5) is 122. The Bertz CT molecular complexity index is 2330. The molecule has 8 atom stereocenters. The van der Waals surface area contributed by atoms with Gasteiger partial charge in [-0.1, -0.05) is 76.6 Å². The van der Waals surface area contributed by atoms with Gasteiger partial charge in [0.2, 0.25) is 47.3 Å². The van der Waals surface area contributed by atoms with E-state index < -0.39 is 101 Å². The van der Waals surface area contributed by atoms with Crippen LogP contribution in [0.1, 0.15) is 89.5 Å². The molecule has 2 aromatic carbocycles. The van der Waals surface area contributed by atoms with E-state index in [-0.39, 0.29) is 82.7 Å². The van der Waals surface area contributed by atoms with Crippen molar-refractivity contribution in [1.29, 1.82) is 5.41 Å². The molecule has 2 fully saturated rings. The maximum Gasteiger partial charge on any atom is 0.246 e. The maximum atomic E-state index is 14.7. The van der Waals surface area contributed by atoms with E-state index in [1.807, 2.05) is 25.1 Å². The van der Waals surface area contributed by atoms with Gasteiger partial charge in [0.15, 0.2) is 5.96 Å². The number of benzene rings is 2. The van der Waals surface area contributed by atoms with Crippen LogP contribution in [0.3, 0.4) is 0 Å². The lowest BCUT2D eigenvalue weighted by Crippen LogP contribution is -2.62. The molecule has 390 valence electrons. The summed E-state index contributed by atoms with van der Waals surface area (Å²) < 4.78 is 0. The lowest BCUT2D eigenvalue weighted by atomic mass is 9.96. The number of carbonyl (C=O) groups is 8. The van der Waals surface area contributed by atoms with Crippen LogP contribution in [0.25, 0.3) is 0 Å². The number of phenolic OH excluding ortho intramolecular Hbond substituents is 1. The summed E-state index contributed by atoms with van der Waals surface area (Å²) in [7, 11) is 0. The number of nitrogens with one attached hydrogen (secondary N) is 10. The van der Waals surface area contributed by atoms with Crippen molar-refractivity contribution in [2.45, 2.75) is 134 Å². The molecule has 2 aliphatic heterocycles. The molecule has 5 rings (SSSR count). The Kier molecular flexibility index (Phi) is 20.9. The Labute approximate surface area is 419 Å². The second kappa shape index (κ2) is 27.2. The molecular formula is C50H71N13O9. The van der Waals surface area contributed by atoms with Crippen molar-refractivity contribution in [3.8, 4) is 5.75 Å². The van der Waals surface area contributed by atoms with Gasteiger partial charge in [0.05, 0.1) is 6.33 Å². The Balaban J connectivity index is 1.52. The van der Waals surface area contributed by atoms with Crippen LogP contribution >= 0.6 is 0 Å². The third kappa shape index (κ3) is 16.5. The van der Waals surface area contributed by atoms with Gasteiger partial charge >= 0.3 is 0 Å². The second-order valence-electron chi connectivity index (χ2n) is 18.8. The zero-order valence-electron chi connectivity index (χ0n) is 41.4. The number of H-pyrrole nitrogens is 1. The number of rotatable bonds is 13. The smallest absolute Gasteiger partial charge is 0.246 e. The minimum Gasteiger partial charge on any atom is -0.508 e. The first kappa shape index (κ1) is 55.4. The number of amides is 8. The lowest BCUT2D eigenvalue weighted by Gasteiger charge is -2.32. The highest BCUT2D eigenvalue weighted by Gasteiger charge is 2.41. The average Bonchev–Trinajstić information content (AvgIpc) is 4.07. The summed E-state index contributed by atoms with van der Waals surface area (Å²) >= 11 is 0. The quantitative estimate of drug-likeness (QED) is 0.0608. The van der Waals surface area contributed by atoms with Crippen LogP contribution in [0.15, 0.2) is 67.1 Å².